The van der Waals surface area contributed by atoms with Crippen LogP contribution >= 0.6 is 11.3 Å². The first-order valence-electron chi connectivity index (χ1n) is 5.29. The van der Waals surface area contributed by atoms with Crippen LogP contribution in [0.5, 0.6) is 0 Å². The Kier molecular flexibility index (Phi) is 3.26. The third-order valence-corrected chi connectivity index (χ3v) is 3.92. The summed E-state index contributed by atoms with van der Waals surface area (Å²) in [6.07, 6.45) is -3.52. The van der Waals surface area contributed by atoms with E-state index in [0.29, 0.717) is 35.5 Å². The van der Waals surface area contributed by atoms with E-state index >= 15 is 0 Å². The van der Waals surface area contributed by atoms with Crippen molar-refractivity contribution in [2.75, 3.05) is 18.0 Å². The van der Waals surface area contributed by atoms with Crippen LogP contribution in [0.1, 0.15) is 18.4 Å². The van der Waals surface area contributed by atoms with Crippen molar-refractivity contribution >= 4 is 16.5 Å². The minimum absolute atomic E-state index is 0.0509. The first kappa shape index (κ1) is 12.6. The molecule has 0 bridgehead atoms. The second-order valence-electron chi connectivity index (χ2n) is 4.24. The van der Waals surface area contributed by atoms with Gasteiger partial charge in [0.15, 0.2) is 0 Å². The number of aromatic nitrogens is 2. The molecule has 1 aromatic rings. The molecule has 17 heavy (non-hydrogen) atoms. The van der Waals surface area contributed by atoms with Crippen molar-refractivity contribution in [1.82, 2.24) is 10.2 Å². The monoisotopic (exact) mass is 266 g/mol. The molecule has 2 rings (SSSR count). The summed E-state index contributed by atoms with van der Waals surface area (Å²) in [6.45, 7) is 3.26. The molecule has 0 saturated carbocycles. The number of anilines is 1. The Bertz CT molecular complexity index is 390. The third kappa shape index (κ3) is 2.68. The predicted octanol–water partition coefficient (Wildman–Crippen LogP) is 1.73. The highest BCUT2D eigenvalue weighted by atomic mass is 32.1. The van der Waals surface area contributed by atoms with Crippen molar-refractivity contribution in [2.24, 2.45) is 11.7 Å². The summed E-state index contributed by atoms with van der Waals surface area (Å²) in [6, 6.07) is 0.0509. The highest BCUT2D eigenvalue weighted by Gasteiger charge is 2.37. The Morgan fingerprint density at radius 3 is 2.65 bits per heavy atom. The second-order valence-corrected chi connectivity index (χ2v) is 5.20. The van der Waals surface area contributed by atoms with Gasteiger partial charge in [-0.3, -0.25) is 0 Å². The standard InChI is InChI=1S/C9H13F3N4S/c1-5(13)6-2-3-16(4-6)8-15-14-7(17-8)9(10,11)12/h5-6H,2-4,13H2,1H3. The number of alkyl halides is 3. The van der Waals surface area contributed by atoms with E-state index in [-0.39, 0.29) is 6.04 Å². The van der Waals surface area contributed by atoms with Crippen LogP contribution < -0.4 is 10.6 Å². The van der Waals surface area contributed by atoms with E-state index in [2.05, 4.69) is 10.2 Å². The molecule has 2 unspecified atom stereocenters. The van der Waals surface area contributed by atoms with Gasteiger partial charge in [-0.05, 0) is 19.3 Å². The van der Waals surface area contributed by atoms with E-state index in [1.807, 2.05) is 11.8 Å². The number of hydrogen-bond acceptors (Lipinski definition) is 5. The van der Waals surface area contributed by atoms with Gasteiger partial charge in [-0.2, -0.15) is 13.2 Å². The SMILES string of the molecule is CC(N)C1CCN(c2nnc(C(F)(F)F)s2)C1. The van der Waals surface area contributed by atoms with Crippen LogP contribution in [0, 0.1) is 5.92 Å². The van der Waals surface area contributed by atoms with Gasteiger partial charge < -0.3 is 10.6 Å². The van der Waals surface area contributed by atoms with Gasteiger partial charge in [0.1, 0.15) is 0 Å². The molecule has 1 saturated heterocycles. The maximum atomic E-state index is 12.4. The van der Waals surface area contributed by atoms with Gasteiger partial charge >= 0.3 is 6.18 Å². The molecule has 0 spiro atoms. The Labute approximate surface area is 101 Å². The Morgan fingerprint density at radius 2 is 2.18 bits per heavy atom. The average Bonchev–Trinajstić information content (AvgIpc) is 2.85. The van der Waals surface area contributed by atoms with Gasteiger partial charge in [-0.1, -0.05) is 11.3 Å². The van der Waals surface area contributed by atoms with E-state index in [1.54, 1.807) is 0 Å². The van der Waals surface area contributed by atoms with Crippen molar-refractivity contribution in [1.29, 1.82) is 0 Å². The van der Waals surface area contributed by atoms with Crippen LogP contribution in [-0.2, 0) is 6.18 Å². The number of nitrogens with zero attached hydrogens (tertiary/aromatic N) is 3. The average molecular weight is 266 g/mol. The van der Waals surface area contributed by atoms with Gasteiger partial charge in [-0.25, -0.2) is 0 Å². The molecule has 0 radical (unpaired) electrons. The molecule has 2 atom stereocenters. The number of halogens is 3. The van der Waals surface area contributed by atoms with Crippen LogP contribution in [0.25, 0.3) is 0 Å². The van der Waals surface area contributed by atoms with Gasteiger partial charge in [-0.15, -0.1) is 10.2 Å². The summed E-state index contributed by atoms with van der Waals surface area (Å²) in [7, 11) is 0. The van der Waals surface area contributed by atoms with Crippen molar-refractivity contribution in [2.45, 2.75) is 25.6 Å². The maximum absolute atomic E-state index is 12.4. The normalized spacial score (nSPS) is 23.1. The summed E-state index contributed by atoms with van der Waals surface area (Å²) < 4.78 is 37.1. The lowest BCUT2D eigenvalue weighted by Crippen LogP contribution is -2.29. The highest BCUT2D eigenvalue weighted by molar-refractivity contribution is 7.15. The smallest absolute Gasteiger partial charge is 0.346 e. The molecular weight excluding hydrogens is 253 g/mol. The first-order chi connectivity index (χ1) is 7.88. The predicted molar refractivity (Wildman–Crippen MR) is 58.9 cm³/mol. The molecule has 8 heteroatoms. The maximum Gasteiger partial charge on any atom is 0.445 e. The minimum Gasteiger partial charge on any atom is -0.346 e. The summed E-state index contributed by atoms with van der Waals surface area (Å²) in [5.74, 6) is 0.313. The van der Waals surface area contributed by atoms with Crippen LogP contribution in [-0.4, -0.2) is 29.3 Å². The summed E-state index contributed by atoms with van der Waals surface area (Å²) >= 11 is 0.589. The van der Waals surface area contributed by atoms with E-state index in [9.17, 15) is 13.2 Å². The van der Waals surface area contributed by atoms with E-state index in [1.165, 1.54) is 0 Å². The minimum atomic E-state index is -4.41. The van der Waals surface area contributed by atoms with Gasteiger partial charge in [0.05, 0.1) is 0 Å². The molecule has 0 amide bonds. The summed E-state index contributed by atoms with van der Waals surface area (Å²) in [5, 5.41) is 6.21. The van der Waals surface area contributed by atoms with Crippen molar-refractivity contribution in [3.63, 3.8) is 0 Å². The molecule has 1 fully saturated rings. The van der Waals surface area contributed by atoms with E-state index in [0.717, 1.165) is 6.42 Å². The Hall–Kier alpha value is -0.890. The Balaban J connectivity index is 2.07. The van der Waals surface area contributed by atoms with Crippen molar-refractivity contribution < 1.29 is 13.2 Å². The number of rotatable bonds is 2. The lowest BCUT2D eigenvalue weighted by Gasteiger charge is -2.16. The summed E-state index contributed by atoms with van der Waals surface area (Å²) in [4.78, 5) is 1.82. The lowest BCUT2D eigenvalue weighted by atomic mass is 10.0. The summed E-state index contributed by atoms with van der Waals surface area (Å²) in [5.41, 5.74) is 5.77. The zero-order valence-corrected chi connectivity index (χ0v) is 10.1. The first-order valence-corrected chi connectivity index (χ1v) is 6.11. The fourth-order valence-corrected chi connectivity index (χ4v) is 2.59. The topological polar surface area (TPSA) is 55.0 Å². The molecule has 96 valence electrons. The molecule has 1 aliphatic heterocycles. The Morgan fingerprint density at radius 1 is 1.47 bits per heavy atom. The molecule has 2 heterocycles. The molecule has 1 aromatic heterocycles. The lowest BCUT2D eigenvalue weighted by molar-refractivity contribution is -0.138. The van der Waals surface area contributed by atoms with Crippen LogP contribution in [0.4, 0.5) is 18.3 Å². The largest absolute Gasteiger partial charge is 0.445 e. The third-order valence-electron chi connectivity index (χ3n) is 2.90. The quantitative estimate of drug-likeness (QED) is 0.885. The molecule has 1 aliphatic rings. The molecule has 4 nitrogen and oxygen atoms in total. The van der Waals surface area contributed by atoms with Crippen LogP contribution in [0.15, 0.2) is 0 Å². The number of hydrogen-bond donors (Lipinski definition) is 1. The molecule has 2 N–H and O–H groups in total. The highest BCUT2D eigenvalue weighted by Crippen LogP contribution is 2.35. The van der Waals surface area contributed by atoms with Crippen molar-refractivity contribution in [3.05, 3.63) is 5.01 Å². The zero-order valence-electron chi connectivity index (χ0n) is 9.24. The van der Waals surface area contributed by atoms with Crippen LogP contribution in [0.3, 0.4) is 0 Å². The van der Waals surface area contributed by atoms with E-state index in [4.69, 9.17) is 5.73 Å². The fraction of sp³-hybridized carbons (Fsp3) is 0.778. The van der Waals surface area contributed by atoms with Gasteiger partial charge in [0, 0.05) is 19.1 Å². The van der Waals surface area contributed by atoms with Gasteiger partial charge in [0.25, 0.3) is 0 Å². The fourth-order valence-electron chi connectivity index (χ4n) is 1.85. The zero-order chi connectivity index (χ0) is 12.6. The molecule has 0 aliphatic carbocycles. The number of nitrogens with two attached hydrogens (primary N) is 1. The second kappa shape index (κ2) is 4.41. The van der Waals surface area contributed by atoms with Crippen LogP contribution in [0.2, 0.25) is 0 Å². The van der Waals surface area contributed by atoms with Crippen molar-refractivity contribution in [3.8, 4) is 0 Å². The molecule has 0 aromatic carbocycles. The molecular formula is C9H13F3N4S. The van der Waals surface area contributed by atoms with E-state index < -0.39 is 11.2 Å². The van der Waals surface area contributed by atoms with Gasteiger partial charge in [0.2, 0.25) is 10.1 Å².